The maximum Gasteiger partial charge on any atom is 0.176 e. The van der Waals surface area contributed by atoms with E-state index in [1.165, 1.54) is 0 Å². The van der Waals surface area contributed by atoms with Crippen LogP contribution in [0.25, 0.3) is 0 Å². The lowest BCUT2D eigenvalue weighted by Crippen LogP contribution is -2.31. The van der Waals surface area contributed by atoms with Crippen LogP contribution >= 0.6 is 0 Å². The van der Waals surface area contributed by atoms with Crippen LogP contribution in [-0.4, -0.2) is 35.4 Å². The topological polar surface area (TPSA) is 40.5 Å². The molecule has 3 nitrogen and oxygen atoms in total. The fourth-order valence-corrected chi connectivity index (χ4v) is 3.14. The van der Waals surface area contributed by atoms with Gasteiger partial charge in [0.25, 0.3) is 0 Å². The lowest BCUT2D eigenvalue weighted by molar-refractivity contribution is 0.0930. The maximum absolute atomic E-state index is 13.0. The van der Waals surface area contributed by atoms with Crippen LogP contribution in [0.4, 0.5) is 0 Å². The van der Waals surface area contributed by atoms with Gasteiger partial charge in [-0.2, -0.15) is 0 Å². The van der Waals surface area contributed by atoms with Gasteiger partial charge in [-0.1, -0.05) is 55.4 Å². The molecule has 1 aromatic rings. The summed E-state index contributed by atoms with van der Waals surface area (Å²) in [6.07, 6.45) is 2.09. The highest BCUT2D eigenvalue weighted by Crippen LogP contribution is 2.39. The number of ketones is 1. The van der Waals surface area contributed by atoms with Crippen molar-refractivity contribution in [1.29, 1.82) is 0 Å². The predicted molar refractivity (Wildman–Crippen MR) is 107 cm³/mol. The van der Waals surface area contributed by atoms with Crippen molar-refractivity contribution in [3.63, 3.8) is 0 Å². The van der Waals surface area contributed by atoms with Gasteiger partial charge < -0.3 is 5.11 Å². The fraction of sp³-hybridized carbons (Fsp3) is 0.682. The molecule has 0 aliphatic rings. The number of aromatic hydroxyl groups is 1. The number of phenolic OH excluding ortho intramolecular Hbond substituents is 1. The van der Waals surface area contributed by atoms with Crippen molar-refractivity contribution in [2.75, 3.05) is 19.6 Å². The number of carbonyl (C=O) groups is 1. The van der Waals surface area contributed by atoms with Crippen molar-refractivity contribution in [2.24, 2.45) is 0 Å². The number of hydrogen-bond donors (Lipinski definition) is 1. The number of Topliss-reactive ketones (excluding diaryl/α,β-unsaturated/α-hetero) is 1. The second kappa shape index (κ2) is 8.35. The van der Waals surface area contributed by atoms with Gasteiger partial charge in [-0.25, -0.2) is 0 Å². The van der Waals surface area contributed by atoms with E-state index in [1.54, 1.807) is 0 Å². The molecule has 0 amide bonds. The van der Waals surface area contributed by atoms with E-state index in [9.17, 15) is 9.90 Å². The summed E-state index contributed by atoms with van der Waals surface area (Å²) >= 11 is 0. The normalized spacial score (nSPS) is 12.7. The van der Waals surface area contributed by atoms with Crippen molar-refractivity contribution in [3.05, 3.63) is 28.8 Å². The smallest absolute Gasteiger partial charge is 0.176 e. The number of carbonyl (C=O) groups excluding carboxylic acids is 1. The average molecular weight is 348 g/mol. The first-order valence-electron chi connectivity index (χ1n) is 9.55. The van der Waals surface area contributed by atoms with Crippen molar-refractivity contribution in [2.45, 2.75) is 79.1 Å². The molecule has 0 bridgehead atoms. The van der Waals surface area contributed by atoms with Gasteiger partial charge in [0.1, 0.15) is 5.75 Å². The van der Waals surface area contributed by atoms with Gasteiger partial charge in [0.05, 0.1) is 6.54 Å². The molecule has 0 unspecified atom stereocenters. The second-order valence-electron chi connectivity index (χ2n) is 9.12. The van der Waals surface area contributed by atoms with Crippen molar-refractivity contribution in [1.82, 2.24) is 4.90 Å². The Morgan fingerprint density at radius 3 is 1.64 bits per heavy atom. The molecule has 1 aromatic carbocycles. The molecule has 0 aromatic heterocycles. The van der Waals surface area contributed by atoms with E-state index in [4.69, 9.17) is 0 Å². The molecule has 0 saturated heterocycles. The van der Waals surface area contributed by atoms with E-state index in [2.05, 4.69) is 60.3 Å². The van der Waals surface area contributed by atoms with E-state index in [0.717, 1.165) is 37.1 Å². The van der Waals surface area contributed by atoms with E-state index < -0.39 is 0 Å². The zero-order valence-electron chi connectivity index (χ0n) is 17.5. The second-order valence-corrected chi connectivity index (χ2v) is 9.12. The molecular weight excluding hydrogens is 310 g/mol. The Labute approximate surface area is 154 Å². The van der Waals surface area contributed by atoms with Gasteiger partial charge in [0.15, 0.2) is 5.78 Å². The molecule has 0 fully saturated rings. The number of phenols is 1. The molecule has 0 radical (unpaired) electrons. The molecule has 25 heavy (non-hydrogen) atoms. The van der Waals surface area contributed by atoms with E-state index in [0.29, 0.717) is 17.9 Å². The van der Waals surface area contributed by atoms with Crippen LogP contribution < -0.4 is 0 Å². The summed E-state index contributed by atoms with van der Waals surface area (Å²) in [6.45, 7) is 19.0. The molecule has 1 rings (SSSR count). The summed E-state index contributed by atoms with van der Waals surface area (Å²) in [5, 5.41) is 10.8. The summed E-state index contributed by atoms with van der Waals surface area (Å²) in [6, 6.07) is 3.78. The van der Waals surface area contributed by atoms with Crippen LogP contribution in [0.3, 0.4) is 0 Å². The molecule has 0 aliphatic carbocycles. The van der Waals surface area contributed by atoms with Crippen LogP contribution in [0.2, 0.25) is 0 Å². The number of benzene rings is 1. The van der Waals surface area contributed by atoms with Crippen molar-refractivity contribution < 1.29 is 9.90 Å². The lowest BCUT2D eigenvalue weighted by Gasteiger charge is -2.28. The summed E-state index contributed by atoms with van der Waals surface area (Å²) < 4.78 is 0. The standard InChI is InChI=1S/C22H37NO2/c1-9-11-23(12-10-2)15-19(24)16-13-17(21(3,4)5)20(25)18(14-16)22(6,7)8/h13-14,25H,9-12,15H2,1-8H3. The zero-order chi connectivity index (χ0) is 19.4. The van der Waals surface area contributed by atoms with E-state index in [-0.39, 0.29) is 16.6 Å². The third-order valence-electron chi connectivity index (χ3n) is 4.49. The fourth-order valence-electron chi connectivity index (χ4n) is 3.14. The van der Waals surface area contributed by atoms with Crippen LogP contribution in [0.1, 0.15) is 89.7 Å². The Morgan fingerprint density at radius 2 is 1.32 bits per heavy atom. The molecule has 0 spiro atoms. The minimum atomic E-state index is -0.215. The van der Waals surface area contributed by atoms with Crippen LogP contribution in [-0.2, 0) is 10.8 Å². The Hall–Kier alpha value is -1.35. The molecular formula is C22H37NO2. The Kier molecular flexibility index (Phi) is 7.25. The summed E-state index contributed by atoms with van der Waals surface area (Å²) in [4.78, 5) is 15.2. The Bertz CT molecular complexity index is 550. The van der Waals surface area contributed by atoms with Gasteiger partial charge in [0.2, 0.25) is 0 Å². The molecule has 142 valence electrons. The van der Waals surface area contributed by atoms with Gasteiger partial charge in [0, 0.05) is 16.7 Å². The number of nitrogens with zero attached hydrogens (tertiary/aromatic N) is 1. The Balaban J connectivity index is 3.33. The van der Waals surface area contributed by atoms with Crippen LogP contribution in [0, 0.1) is 0 Å². The molecule has 0 heterocycles. The average Bonchev–Trinajstić information content (AvgIpc) is 2.45. The molecule has 0 saturated carbocycles. The molecule has 1 N–H and O–H groups in total. The first kappa shape index (κ1) is 21.7. The highest BCUT2D eigenvalue weighted by atomic mass is 16.3. The monoisotopic (exact) mass is 347 g/mol. The van der Waals surface area contributed by atoms with Gasteiger partial charge in [-0.15, -0.1) is 0 Å². The minimum absolute atomic E-state index is 0.137. The molecule has 0 atom stereocenters. The predicted octanol–water partition coefficient (Wildman–Crippen LogP) is 5.29. The zero-order valence-corrected chi connectivity index (χ0v) is 17.5. The van der Waals surface area contributed by atoms with Gasteiger partial charge in [-0.05, 0) is 48.9 Å². The van der Waals surface area contributed by atoms with Crippen molar-refractivity contribution >= 4 is 5.78 Å². The first-order chi connectivity index (χ1) is 11.4. The summed E-state index contributed by atoms with van der Waals surface area (Å²) in [7, 11) is 0. The molecule has 0 aliphatic heterocycles. The Morgan fingerprint density at radius 1 is 0.920 bits per heavy atom. The van der Waals surface area contributed by atoms with E-state index in [1.807, 2.05) is 12.1 Å². The minimum Gasteiger partial charge on any atom is -0.507 e. The highest BCUT2D eigenvalue weighted by Gasteiger charge is 2.28. The SMILES string of the molecule is CCCN(CCC)CC(=O)c1cc(C(C)(C)C)c(O)c(C(C)(C)C)c1. The third kappa shape index (κ3) is 5.85. The van der Waals surface area contributed by atoms with Gasteiger partial charge in [-0.3, -0.25) is 9.69 Å². The van der Waals surface area contributed by atoms with Crippen LogP contribution in [0.15, 0.2) is 12.1 Å². The molecule has 3 heteroatoms. The summed E-state index contributed by atoms with van der Waals surface area (Å²) in [5.74, 6) is 0.466. The summed E-state index contributed by atoms with van der Waals surface area (Å²) in [5.41, 5.74) is 1.98. The maximum atomic E-state index is 13.0. The quantitative estimate of drug-likeness (QED) is 0.681. The number of rotatable bonds is 7. The largest absolute Gasteiger partial charge is 0.507 e. The third-order valence-corrected chi connectivity index (χ3v) is 4.49. The van der Waals surface area contributed by atoms with E-state index >= 15 is 0 Å². The lowest BCUT2D eigenvalue weighted by atomic mass is 9.78. The van der Waals surface area contributed by atoms with Crippen LogP contribution in [0.5, 0.6) is 5.75 Å². The van der Waals surface area contributed by atoms with Crippen molar-refractivity contribution in [3.8, 4) is 5.75 Å². The highest BCUT2D eigenvalue weighted by molar-refractivity contribution is 5.98. The number of hydrogen-bond acceptors (Lipinski definition) is 3. The van der Waals surface area contributed by atoms with Gasteiger partial charge >= 0.3 is 0 Å². The first-order valence-corrected chi connectivity index (χ1v) is 9.55.